The second kappa shape index (κ2) is 10.1. The molecule has 39 heavy (non-hydrogen) atoms. The van der Waals surface area contributed by atoms with Crippen molar-refractivity contribution in [1.29, 1.82) is 0 Å². The predicted octanol–water partition coefficient (Wildman–Crippen LogP) is 3.62. The highest BCUT2D eigenvalue weighted by atomic mass is 16.5. The molecule has 0 radical (unpaired) electrons. The number of nitrogens with two attached hydrogens (primary N) is 1. The summed E-state index contributed by atoms with van der Waals surface area (Å²) in [5.41, 5.74) is 10.7. The molecular formula is C28H32N8O3. The van der Waals surface area contributed by atoms with Gasteiger partial charge in [0.15, 0.2) is 11.3 Å². The molecule has 2 aromatic carbocycles. The number of ether oxygens (including phenoxy) is 3. The number of anilines is 2. The van der Waals surface area contributed by atoms with Gasteiger partial charge in [-0.15, -0.1) is 0 Å². The molecule has 4 aromatic rings. The van der Waals surface area contributed by atoms with Crippen LogP contribution in [-0.4, -0.2) is 54.3 Å². The molecule has 2 aliphatic heterocycles. The molecule has 1 saturated heterocycles. The second-order valence-corrected chi connectivity index (χ2v) is 9.78. The van der Waals surface area contributed by atoms with E-state index in [1.165, 1.54) is 6.33 Å². The van der Waals surface area contributed by atoms with Gasteiger partial charge in [0.25, 0.3) is 0 Å². The molecule has 11 heteroatoms. The van der Waals surface area contributed by atoms with Crippen LogP contribution in [0.15, 0.2) is 53.9 Å². The van der Waals surface area contributed by atoms with E-state index in [0.29, 0.717) is 28.9 Å². The standard InChI is InChI=1S/C28H32N8O3/c1-17-10-21(25(37-2)14-24(17)39-19-6-9-36-27(11-19)32-16-34-36)28(29)20-12-23(35-18-4-7-30-8-5-18)26(38-3)13-22(20)31-15-33-28/h6,9-16,18,30,35H,4-5,7-8,29H2,1-3H3,(H,31,33). The molecule has 0 saturated carbocycles. The van der Waals surface area contributed by atoms with E-state index in [9.17, 15) is 0 Å². The summed E-state index contributed by atoms with van der Waals surface area (Å²) in [4.78, 5) is 8.96. The Morgan fingerprint density at radius 2 is 1.85 bits per heavy atom. The van der Waals surface area contributed by atoms with Crippen molar-refractivity contribution in [1.82, 2.24) is 19.9 Å². The Hall–Kier alpha value is -4.35. The van der Waals surface area contributed by atoms with Crippen molar-refractivity contribution in [3.05, 3.63) is 65.6 Å². The lowest BCUT2D eigenvalue weighted by molar-refractivity contribution is 0.390. The smallest absolute Gasteiger partial charge is 0.167 e. The van der Waals surface area contributed by atoms with Gasteiger partial charge in [-0.3, -0.25) is 5.73 Å². The predicted molar refractivity (Wildman–Crippen MR) is 150 cm³/mol. The lowest BCUT2D eigenvalue weighted by atomic mass is 9.87. The van der Waals surface area contributed by atoms with Gasteiger partial charge in [-0.2, -0.15) is 5.10 Å². The van der Waals surface area contributed by atoms with Gasteiger partial charge in [-0.25, -0.2) is 14.5 Å². The molecule has 1 atom stereocenters. The molecule has 11 nitrogen and oxygen atoms in total. The van der Waals surface area contributed by atoms with Crippen LogP contribution in [0, 0.1) is 6.92 Å². The molecule has 1 fully saturated rings. The van der Waals surface area contributed by atoms with Crippen LogP contribution >= 0.6 is 0 Å². The highest BCUT2D eigenvalue weighted by Crippen LogP contribution is 2.46. The summed E-state index contributed by atoms with van der Waals surface area (Å²) in [7, 11) is 3.29. The Labute approximate surface area is 226 Å². The zero-order valence-corrected chi connectivity index (χ0v) is 22.2. The van der Waals surface area contributed by atoms with Crippen LogP contribution in [0.5, 0.6) is 23.0 Å². The number of hydrogen-bond donors (Lipinski definition) is 4. The largest absolute Gasteiger partial charge is 0.496 e. The molecule has 1 unspecified atom stereocenters. The molecule has 0 bridgehead atoms. The minimum Gasteiger partial charge on any atom is -0.496 e. The maximum Gasteiger partial charge on any atom is 0.167 e. The number of methoxy groups -OCH3 is 2. The maximum absolute atomic E-state index is 7.13. The number of nitrogens with one attached hydrogen (secondary N) is 3. The average molecular weight is 529 g/mol. The van der Waals surface area contributed by atoms with Gasteiger partial charge in [0.2, 0.25) is 0 Å². The Kier molecular flexibility index (Phi) is 6.45. The highest BCUT2D eigenvalue weighted by Gasteiger charge is 2.38. The third-order valence-electron chi connectivity index (χ3n) is 7.32. The first-order chi connectivity index (χ1) is 19.0. The van der Waals surface area contributed by atoms with E-state index in [1.54, 1.807) is 31.3 Å². The van der Waals surface area contributed by atoms with Crippen molar-refractivity contribution in [3.8, 4) is 23.0 Å². The Balaban J connectivity index is 1.38. The van der Waals surface area contributed by atoms with Gasteiger partial charge in [0, 0.05) is 41.6 Å². The van der Waals surface area contributed by atoms with E-state index in [1.807, 2.05) is 43.3 Å². The molecule has 2 aliphatic rings. The van der Waals surface area contributed by atoms with E-state index < -0.39 is 5.66 Å². The average Bonchev–Trinajstić information content (AvgIpc) is 3.43. The van der Waals surface area contributed by atoms with Crippen LogP contribution in [-0.2, 0) is 5.66 Å². The number of benzene rings is 2. The van der Waals surface area contributed by atoms with Crippen LogP contribution in [0.3, 0.4) is 0 Å². The lowest BCUT2D eigenvalue weighted by Gasteiger charge is -2.34. The van der Waals surface area contributed by atoms with Crippen molar-refractivity contribution in [2.45, 2.75) is 31.5 Å². The zero-order chi connectivity index (χ0) is 27.0. The number of piperidine rings is 1. The summed E-state index contributed by atoms with van der Waals surface area (Å²) in [6.07, 6.45) is 6.99. The van der Waals surface area contributed by atoms with Gasteiger partial charge in [0.1, 0.15) is 29.3 Å². The number of aliphatic imine (C=N–C) groups is 1. The molecule has 0 amide bonds. The Bertz CT molecular complexity index is 1550. The first kappa shape index (κ1) is 25.0. The lowest BCUT2D eigenvalue weighted by Crippen LogP contribution is -2.40. The topological polar surface area (TPSA) is 132 Å². The number of fused-ring (bicyclic) bond motifs is 2. The van der Waals surface area contributed by atoms with Crippen LogP contribution in [0.25, 0.3) is 5.65 Å². The summed E-state index contributed by atoms with van der Waals surface area (Å²) >= 11 is 0. The molecule has 6 rings (SSSR count). The Morgan fingerprint density at radius 1 is 1.03 bits per heavy atom. The van der Waals surface area contributed by atoms with Crippen molar-refractivity contribution in [3.63, 3.8) is 0 Å². The molecule has 0 aliphatic carbocycles. The zero-order valence-electron chi connectivity index (χ0n) is 22.2. The third-order valence-corrected chi connectivity index (χ3v) is 7.32. The van der Waals surface area contributed by atoms with Gasteiger partial charge >= 0.3 is 0 Å². The first-order valence-corrected chi connectivity index (χ1v) is 12.9. The monoisotopic (exact) mass is 528 g/mol. The SMILES string of the molecule is COc1cc2c(cc1NC1CCNCC1)C(N)(c1cc(C)c(Oc3ccn4ncnc4c3)cc1OC)N=CN2. The summed E-state index contributed by atoms with van der Waals surface area (Å²) in [6, 6.07) is 11.8. The molecule has 0 spiro atoms. The minimum absolute atomic E-state index is 0.343. The number of nitrogens with zero attached hydrogens (tertiary/aromatic N) is 4. The highest BCUT2D eigenvalue weighted by molar-refractivity contribution is 5.85. The van der Waals surface area contributed by atoms with E-state index >= 15 is 0 Å². The number of hydrogen-bond acceptors (Lipinski definition) is 10. The van der Waals surface area contributed by atoms with Crippen molar-refractivity contribution in [2.24, 2.45) is 10.7 Å². The quantitative estimate of drug-likeness (QED) is 0.284. The molecule has 4 heterocycles. The van der Waals surface area contributed by atoms with Crippen LogP contribution in [0.1, 0.15) is 29.5 Å². The number of pyridine rings is 1. The Morgan fingerprint density at radius 3 is 2.64 bits per heavy atom. The summed E-state index contributed by atoms with van der Waals surface area (Å²) in [6.45, 7) is 3.94. The van der Waals surface area contributed by atoms with Gasteiger partial charge < -0.3 is 30.2 Å². The third kappa shape index (κ3) is 4.59. The van der Waals surface area contributed by atoms with E-state index in [-0.39, 0.29) is 0 Å². The first-order valence-electron chi connectivity index (χ1n) is 12.9. The van der Waals surface area contributed by atoms with Crippen LogP contribution < -0.4 is 35.9 Å². The second-order valence-electron chi connectivity index (χ2n) is 9.78. The van der Waals surface area contributed by atoms with Gasteiger partial charge in [0.05, 0.1) is 31.9 Å². The molecule has 202 valence electrons. The number of aryl methyl sites for hydroxylation is 1. The molecule has 2 aromatic heterocycles. The van der Waals surface area contributed by atoms with Gasteiger partial charge in [-0.1, -0.05) is 0 Å². The van der Waals surface area contributed by atoms with E-state index in [2.05, 4.69) is 26.0 Å². The molecular weight excluding hydrogens is 496 g/mol. The normalized spacial score (nSPS) is 18.9. The molecule has 5 N–H and O–H groups in total. The van der Waals surface area contributed by atoms with Crippen molar-refractivity contribution in [2.75, 3.05) is 37.9 Å². The van der Waals surface area contributed by atoms with E-state index in [4.69, 9.17) is 24.9 Å². The summed E-state index contributed by atoms with van der Waals surface area (Å²) in [5.74, 6) is 2.59. The van der Waals surface area contributed by atoms with Gasteiger partial charge in [-0.05, 0) is 56.6 Å². The van der Waals surface area contributed by atoms with E-state index in [0.717, 1.165) is 59.7 Å². The maximum atomic E-state index is 7.13. The minimum atomic E-state index is -1.20. The van der Waals surface area contributed by atoms with Crippen LogP contribution in [0.2, 0.25) is 0 Å². The van der Waals surface area contributed by atoms with Crippen molar-refractivity contribution < 1.29 is 14.2 Å². The summed E-state index contributed by atoms with van der Waals surface area (Å²) < 4.78 is 19.5. The summed E-state index contributed by atoms with van der Waals surface area (Å²) in [5, 5.41) is 14.4. The fraction of sp³-hybridized carbons (Fsp3) is 0.321. The van der Waals surface area contributed by atoms with Crippen LogP contribution in [0.4, 0.5) is 11.4 Å². The number of rotatable bonds is 7. The number of aromatic nitrogens is 3. The fourth-order valence-electron chi connectivity index (χ4n) is 5.20. The fourth-order valence-corrected chi connectivity index (χ4v) is 5.20. The van der Waals surface area contributed by atoms with Crippen molar-refractivity contribution >= 4 is 23.4 Å².